The van der Waals surface area contributed by atoms with Crippen LogP contribution in [-0.2, 0) is 0 Å². The summed E-state index contributed by atoms with van der Waals surface area (Å²) < 4.78 is 5.23. The summed E-state index contributed by atoms with van der Waals surface area (Å²) in [5, 5.41) is 4.35. The van der Waals surface area contributed by atoms with Gasteiger partial charge in [-0.3, -0.25) is 0 Å². The number of benzene rings is 1. The van der Waals surface area contributed by atoms with E-state index in [1.165, 1.54) is 44.2 Å². The topological polar surface area (TPSA) is 27.7 Å². The number of nitrogens with zero attached hydrogens (tertiary/aromatic N) is 2. The Labute approximate surface area is 158 Å². The third-order valence-corrected chi connectivity index (χ3v) is 5.21. The van der Waals surface area contributed by atoms with Gasteiger partial charge in [-0.05, 0) is 42.9 Å². The van der Waals surface area contributed by atoms with Gasteiger partial charge in [0.15, 0.2) is 5.11 Å². The molecule has 2 rings (SSSR count). The summed E-state index contributed by atoms with van der Waals surface area (Å²) in [6.07, 6.45) is 7.92. The average molecular weight is 364 g/mol. The van der Waals surface area contributed by atoms with Crippen LogP contribution in [0.5, 0.6) is 5.75 Å². The molecule has 1 heterocycles. The van der Waals surface area contributed by atoms with Gasteiger partial charge in [0, 0.05) is 38.4 Å². The van der Waals surface area contributed by atoms with Gasteiger partial charge in [0.05, 0.1) is 7.11 Å². The summed E-state index contributed by atoms with van der Waals surface area (Å²) in [6.45, 7) is 7.23. The first-order valence-corrected chi connectivity index (χ1v) is 10.1. The smallest absolute Gasteiger partial charge is 0.169 e. The fourth-order valence-electron chi connectivity index (χ4n) is 3.17. The van der Waals surface area contributed by atoms with Crippen molar-refractivity contribution in [3.63, 3.8) is 0 Å². The molecule has 25 heavy (non-hydrogen) atoms. The van der Waals surface area contributed by atoms with E-state index in [1.807, 2.05) is 12.1 Å². The van der Waals surface area contributed by atoms with Crippen molar-refractivity contribution in [1.29, 1.82) is 0 Å². The number of methoxy groups -OCH3 is 1. The molecule has 0 amide bonds. The highest BCUT2D eigenvalue weighted by molar-refractivity contribution is 7.80. The normalized spacial score (nSPS) is 14.5. The molecular formula is C20H33N3OS. The Morgan fingerprint density at radius 2 is 1.64 bits per heavy atom. The van der Waals surface area contributed by atoms with Crippen molar-refractivity contribution < 1.29 is 4.74 Å². The monoisotopic (exact) mass is 363 g/mol. The maximum Gasteiger partial charge on any atom is 0.169 e. The van der Waals surface area contributed by atoms with E-state index >= 15 is 0 Å². The van der Waals surface area contributed by atoms with Gasteiger partial charge in [-0.15, -0.1) is 0 Å². The third kappa shape index (κ3) is 6.73. The molecule has 1 aromatic rings. The van der Waals surface area contributed by atoms with Crippen LogP contribution in [0.15, 0.2) is 24.3 Å². The molecule has 140 valence electrons. The minimum absolute atomic E-state index is 0.905. The molecule has 0 bridgehead atoms. The molecule has 1 saturated heterocycles. The summed E-state index contributed by atoms with van der Waals surface area (Å²) in [4.78, 5) is 4.71. The second kappa shape index (κ2) is 11.2. The lowest BCUT2D eigenvalue weighted by molar-refractivity contribution is 0.379. The van der Waals surface area contributed by atoms with Gasteiger partial charge < -0.3 is 19.9 Å². The van der Waals surface area contributed by atoms with E-state index < -0.39 is 0 Å². The molecule has 4 nitrogen and oxygen atoms in total. The first-order valence-electron chi connectivity index (χ1n) is 9.66. The van der Waals surface area contributed by atoms with Gasteiger partial charge in [0.2, 0.25) is 0 Å². The lowest BCUT2D eigenvalue weighted by Gasteiger charge is -2.37. The Morgan fingerprint density at radius 3 is 2.28 bits per heavy atom. The standard InChI is InChI=1S/C20H33N3OS/c1-3-4-5-6-7-8-13-21-20(25)23-16-14-22(15-17-23)18-9-11-19(24-2)12-10-18/h9-12H,3-8,13-17H2,1-2H3,(H,21,25). The first kappa shape index (κ1) is 19.8. The van der Waals surface area contributed by atoms with E-state index in [0.29, 0.717) is 0 Å². The number of piperazine rings is 1. The van der Waals surface area contributed by atoms with Gasteiger partial charge in [0.1, 0.15) is 5.75 Å². The number of hydrogen-bond acceptors (Lipinski definition) is 3. The van der Waals surface area contributed by atoms with Gasteiger partial charge in [-0.2, -0.15) is 0 Å². The van der Waals surface area contributed by atoms with Crippen molar-refractivity contribution in [1.82, 2.24) is 10.2 Å². The SMILES string of the molecule is CCCCCCCCNC(=S)N1CCN(c2ccc(OC)cc2)CC1. The molecule has 5 heteroatoms. The van der Waals surface area contributed by atoms with E-state index in [0.717, 1.165) is 43.6 Å². The summed E-state index contributed by atoms with van der Waals surface area (Å²) in [5.74, 6) is 0.905. The maximum absolute atomic E-state index is 5.56. The maximum atomic E-state index is 5.56. The molecule has 1 aliphatic rings. The van der Waals surface area contributed by atoms with E-state index in [2.05, 4.69) is 34.2 Å². The van der Waals surface area contributed by atoms with E-state index in [4.69, 9.17) is 17.0 Å². The predicted molar refractivity (Wildman–Crippen MR) is 111 cm³/mol. The van der Waals surface area contributed by atoms with Crippen LogP contribution < -0.4 is 15.0 Å². The van der Waals surface area contributed by atoms with Crippen LogP contribution in [0.1, 0.15) is 45.4 Å². The van der Waals surface area contributed by atoms with Gasteiger partial charge in [-0.25, -0.2) is 0 Å². The Kier molecular flexibility index (Phi) is 8.87. The van der Waals surface area contributed by atoms with Crippen molar-refractivity contribution in [2.24, 2.45) is 0 Å². The number of ether oxygens (including phenoxy) is 1. The summed E-state index contributed by atoms with van der Waals surface area (Å²) >= 11 is 5.56. The van der Waals surface area contributed by atoms with Crippen LogP contribution in [0.2, 0.25) is 0 Å². The molecule has 0 aromatic heterocycles. The molecule has 1 aliphatic heterocycles. The van der Waals surface area contributed by atoms with Gasteiger partial charge in [-0.1, -0.05) is 39.0 Å². The molecule has 1 fully saturated rings. The third-order valence-electron chi connectivity index (χ3n) is 4.81. The minimum atomic E-state index is 0.905. The summed E-state index contributed by atoms with van der Waals surface area (Å²) in [5.41, 5.74) is 1.26. The van der Waals surface area contributed by atoms with E-state index in [1.54, 1.807) is 7.11 Å². The highest BCUT2D eigenvalue weighted by atomic mass is 32.1. The number of unbranched alkanes of at least 4 members (excludes halogenated alkanes) is 5. The van der Waals surface area contributed by atoms with E-state index in [-0.39, 0.29) is 0 Å². The van der Waals surface area contributed by atoms with Gasteiger partial charge in [0.25, 0.3) is 0 Å². The predicted octanol–water partition coefficient (Wildman–Crippen LogP) is 4.05. The molecule has 0 unspecified atom stereocenters. The second-order valence-electron chi connectivity index (χ2n) is 6.67. The van der Waals surface area contributed by atoms with Crippen molar-refractivity contribution >= 4 is 23.0 Å². The lowest BCUT2D eigenvalue weighted by atomic mass is 10.1. The Morgan fingerprint density at radius 1 is 1.00 bits per heavy atom. The summed E-state index contributed by atoms with van der Waals surface area (Å²) in [6, 6.07) is 8.30. The quantitative estimate of drug-likeness (QED) is 0.528. The molecule has 0 saturated carbocycles. The molecule has 1 N–H and O–H groups in total. The van der Waals surface area contributed by atoms with Crippen LogP contribution in [0, 0.1) is 0 Å². The van der Waals surface area contributed by atoms with Crippen molar-refractivity contribution in [2.75, 3.05) is 44.7 Å². The second-order valence-corrected chi connectivity index (χ2v) is 7.06. The molecule has 0 radical (unpaired) electrons. The van der Waals surface area contributed by atoms with Crippen molar-refractivity contribution in [2.45, 2.75) is 45.4 Å². The fraction of sp³-hybridized carbons (Fsp3) is 0.650. The van der Waals surface area contributed by atoms with Crippen LogP contribution >= 0.6 is 12.2 Å². The summed E-state index contributed by atoms with van der Waals surface area (Å²) in [7, 11) is 1.70. The molecule has 0 spiro atoms. The number of hydrogen-bond donors (Lipinski definition) is 1. The Hall–Kier alpha value is -1.49. The number of rotatable bonds is 9. The zero-order valence-corrected chi connectivity index (χ0v) is 16.6. The molecule has 1 aromatic carbocycles. The number of thiocarbonyl (C=S) groups is 1. The van der Waals surface area contributed by atoms with Crippen LogP contribution in [0.3, 0.4) is 0 Å². The minimum Gasteiger partial charge on any atom is -0.497 e. The molecule has 0 aliphatic carbocycles. The van der Waals surface area contributed by atoms with Crippen LogP contribution in [-0.4, -0.2) is 49.8 Å². The first-order chi connectivity index (χ1) is 12.2. The Balaban J connectivity index is 1.62. The average Bonchev–Trinajstić information content (AvgIpc) is 2.67. The van der Waals surface area contributed by atoms with Gasteiger partial charge >= 0.3 is 0 Å². The van der Waals surface area contributed by atoms with Crippen molar-refractivity contribution in [3.05, 3.63) is 24.3 Å². The van der Waals surface area contributed by atoms with E-state index in [9.17, 15) is 0 Å². The largest absolute Gasteiger partial charge is 0.497 e. The molecular weight excluding hydrogens is 330 g/mol. The highest BCUT2D eigenvalue weighted by Crippen LogP contribution is 2.20. The molecule has 0 atom stereocenters. The highest BCUT2D eigenvalue weighted by Gasteiger charge is 2.18. The Bertz CT molecular complexity index is 498. The number of anilines is 1. The zero-order chi connectivity index (χ0) is 17.9. The van der Waals surface area contributed by atoms with Crippen LogP contribution in [0.25, 0.3) is 0 Å². The van der Waals surface area contributed by atoms with Crippen LogP contribution in [0.4, 0.5) is 5.69 Å². The number of nitrogens with one attached hydrogen (secondary N) is 1. The zero-order valence-electron chi connectivity index (χ0n) is 15.8. The van der Waals surface area contributed by atoms with Crippen molar-refractivity contribution in [3.8, 4) is 5.75 Å². The lowest BCUT2D eigenvalue weighted by Crippen LogP contribution is -2.51. The fourth-order valence-corrected chi connectivity index (χ4v) is 3.46.